The van der Waals surface area contributed by atoms with Gasteiger partial charge in [-0.25, -0.2) is 4.98 Å². The number of nitrogens with zero attached hydrogens (tertiary/aromatic N) is 3. The minimum atomic E-state index is 0.836. The largest absolute Gasteiger partial charge is 0.456 e. The van der Waals surface area contributed by atoms with Crippen molar-refractivity contribution in [3.05, 3.63) is 176 Å². The molecular weight excluding hydrogens is 623 g/mol. The molecule has 51 heavy (non-hydrogen) atoms. The molecule has 0 amide bonds. The van der Waals surface area contributed by atoms with Gasteiger partial charge in [-0.2, -0.15) is 0 Å². The second-order valence-electron chi connectivity index (χ2n) is 13.2. The maximum Gasteiger partial charge on any atom is 0.141 e. The third-order valence-electron chi connectivity index (χ3n) is 10.4. The molecule has 0 saturated carbocycles. The molecule has 0 unspecified atom stereocenters. The van der Waals surface area contributed by atoms with E-state index in [9.17, 15) is 0 Å². The highest BCUT2D eigenvalue weighted by atomic mass is 16.3. The average Bonchev–Trinajstić information content (AvgIpc) is 3.85. The van der Waals surface area contributed by atoms with Gasteiger partial charge in [0, 0.05) is 50.3 Å². The summed E-state index contributed by atoms with van der Waals surface area (Å²) in [5, 5.41) is 6.97. The van der Waals surface area contributed by atoms with E-state index in [4.69, 9.17) is 9.40 Å². The van der Waals surface area contributed by atoms with Crippen LogP contribution in [0.4, 0.5) is 0 Å². The van der Waals surface area contributed by atoms with E-state index in [1.54, 1.807) is 0 Å². The molecule has 0 saturated heterocycles. The summed E-state index contributed by atoms with van der Waals surface area (Å²) in [5.74, 6) is 0.839. The minimum Gasteiger partial charge on any atom is -0.456 e. The van der Waals surface area contributed by atoms with Gasteiger partial charge in [-0.15, -0.1) is 0 Å². The van der Waals surface area contributed by atoms with Crippen LogP contribution in [0.25, 0.3) is 99.3 Å². The number of furan rings is 1. The fourth-order valence-corrected chi connectivity index (χ4v) is 8.00. The fourth-order valence-electron chi connectivity index (χ4n) is 8.00. The highest BCUT2D eigenvalue weighted by molar-refractivity contribution is 6.13. The van der Waals surface area contributed by atoms with Gasteiger partial charge in [-0.05, 0) is 76.9 Å². The van der Waals surface area contributed by atoms with Crippen LogP contribution < -0.4 is 0 Å². The molecule has 0 atom stereocenters. The quantitative estimate of drug-likeness (QED) is 0.190. The summed E-state index contributed by atoms with van der Waals surface area (Å²) in [7, 11) is 0. The Hall–Kier alpha value is -6.91. The van der Waals surface area contributed by atoms with Crippen molar-refractivity contribution in [3.63, 3.8) is 0 Å². The topological polar surface area (TPSA) is 35.9 Å². The van der Waals surface area contributed by atoms with Gasteiger partial charge in [-0.1, -0.05) is 109 Å². The molecule has 0 aliphatic heterocycles. The first-order valence-electron chi connectivity index (χ1n) is 17.3. The van der Waals surface area contributed by atoms with Crippen molar-refractivity contribution in [2.45, 2.75) is 0 Å². The van der Waals surface area contributed by atoms with E-state index in [0.29, 0.717) is 0 Å². The molecule has 0 radical (unpaired) electrons. The van der Waals surface area contributed by atoms with Crippen molar-refractivity contribution in [3.8, 4) is 33.8 Å². The lowest BCUT2D eigenvalue weighted by molar-refractivity contribution is 0.668. The third-order valence-corrected chi connectivity index (χ3v) is 10.4. The first-order valence-corrected chi connectivity index (χ1v) is 17.3. The predicted octanol–water partition coefficient (Wildman–Crippen LogP) is 12.5. The molecular formula is C47H29N3O. The number of rotatable bonds is 4. The monoisotopic (exact) mass is 651 g/mol. The zero-order valence-electron chi connectivity index (χ0n) is 27.5. The van der Waals surface area contributed by atoms with Crippen LogP contribution in [0.5, 0.6) is 0 Å². The van der Waals surface area contributed by atoms with Crippen LogP contribution in [-0.4, -0.2) is 14.1 Å². The Labute approximate surface area is 293 Å². The summed E-state index contributed by atoms with van der Waals surface area (Å²) < 4.78 is 10.9. The van der Waals surface area contributed by atoms with Crippen molar-refractivity contribution in [1.82, 2.24) is 14.1 Å². The zero-order valence-corrected chi connectivity index (χ0v) is 27.5. The lowest BCUT2D eigenvalue weighted by Gasteiger charge is -2.10. The molecule has 0 N–H and O–H groups in total. The van der Waals surface area contributed by atoms with E-state index >= 15 is 0 Å². The predicted molar refractivity (Wildman–Crippen MR) is 211 cm³/mol. The molecule has 7 aromatic carbocycles. The molecule has 11 aromatic rings. The van der Waals surface area contributed by atoms with Crippen molar-refractivity contribution in [2.24, 2.45) is 0 Å². The van der Waals surface area contributed by atoms with E-state index in [1.165, 1.54) is 54.8 Å². The summed E-state index contributed by atoms with van der Waals surface area (Å²) in [6.45, 7) is 0. The van der Waals surface area contributed by atoms with Gasteiger partial charge in [-0.3, -0.25) is 4.57 Å². The second-order valence-corrected chi connectivity index (χ2v) is 13.2. The standard InChI is InChI=1S/C47H29N3O/c1-2-10-30(11-3-1)31-18-22-34(23-19-31)49-41-15-7-4-12-35(41)38-26-32(20-24-43(38)49)33-21-25-44-39(27-33)36-13-5-8-16-42(36)50(44)47-28-46-40(29-48-47)37-14-6-9-17-45(37)51-46/h1-29H. The van der Waals surface area contributed by atoms with E-state index < -0.39 is 0 Å². The lowest BCUT2D eigenvalue weighted by atomic mass is 10.0. The van der Waals surface area contributed by atoms with Gasteiger partial charge in [0.1, 0.15) is 17.0 Å². The van der Waals surface area contributed by atoms with E-state index in [2.05, 4.69) is 161 Å². The lowest BCUT2D eigenvalue weighted by Crippen LogP contribution is -1.96. The molecule has 0 bridgehead atoms. The Bertz CT molecular complexity index is 3130. The summed E-state index contributed by atoms with van der Waals surface area (Å²) in [4.78, 5) is 4.96. The first-order chi connectivity index (χ1) is 25.3. The number of hydrogen-bond donors (Lipinski definition) is 0. The Morgan fingerprint density at radius 2 is 0.882 bits per heavy atom. The van der Waals surface area contributed by atoms with Gasteiger partial charge < -0.3 is 8.98 Å². The van der Waals surface area contributed by atoms with Gasteiger partial charge in [0.05, 0.1) is 22.1 Å². The highest BCUT2D eigenvalue weighted by Gasteiger charge is 2.17. The van der Waals surface area contributed by atoms with Gasteiger partial charge >= 0.3 is 0 Å². The molecule has 0 spiro atoms. The Morgan fingerprint density at radius 3 is 1.59 bits per heavy atom. The summed E-state index contributed by atoms with van der Waals surface area (Å²) >= 11 is 0. The zero-order chi connectivity index (χ0) is 33.5. The Morgan fingerprint density at radius 1 is 0.353 bits per heavy atom. The normalized spacial score (nSPS) is 11.9. The highest BCUT2D eigenvalue weighted by Crippen LogP contribution is 2.39. The molecule has 4 heterocycles. The molecule has 0 aliphatic rings. The molecule has 238 valence electrons. The number of fused-ring (bicyclic) bond motifs is 9. The van der Waals surface area contributed by atoms with Crippen LogP contribution in [0.3, 0.4) is 0 Å². The van der Waals surface area contributed by atoms with E-state index in [-0.39, 0.29) is 0 Å². The summed E-state index contributed by atoms with van der Waals surface area (Å²) in [5.41, 5.74) is 12.3. The van der Waals surface area contributed by atoms with Crippen molar-refractivity contribution < 1.29 is 4.42 Å². The number of pyridine rings is 1. The molecule has 0 fully saturated rings. The van der Waals surface area contributed by atoms with E-state index in [1.807, 2.05) is 24.4 Å². The number of benzene rings is 7. The Kier molecular flexibility index (Phi) is 5.92. The smallest absolute Gasteiger partial charge is 0.141 e. The maximum atomic E-state index is 6.26. The van der Waals surface area contributed by atoms with Crippen LogP contribution in [0.2, 0.25) is 0 Å². The van der Waals surface area contributed by atoms with Crippen molar-refractivity contribution in [2.75, 3.05) is 0 Å². The van der Waals surface area contributed by atoms with Gasteiger partial charge in [0.25, 0.3) is 0 Å². The van der Waals surface area contributed by atoms with Crippen LogP contribution in [0, 0.1) is 0 Å². The number of para-hydroxylation sites is 3. The van der Waals surface area contributed by atoms with Crippen LogP contribution in [0.1, 0.15) is 0 Å². The van der Waals surface area contributed by atoms with Crippen LogP contribution in [0.15, 0.2) is 180 Å². The van der Waals surface area contributed by atoms with Crippen molar-refractivity contribution >= 4 is 65.6 Å². The molecule has 4 nitrogen and oxygen atoms in total. The number of aromatic nitrogens is 3. The summed E-state index contributed by atoms with van der Waals surface area (Å²) in [6.07, 6.45) is 1.94. The first kappa shape index (κ1) is 28.0. The fraction of sp³-hybridized carbons (Fsp3) is 0. The number of hydrogen-bond acceptors (Lipinski definition) is 2. The molecule has 0 aliphatic carbocycles. The molecule has 11 rings (SSSR count). The van der Waals surface area contributed by atoms with E-state index in [0.717, 1.165) is 44.5 Å². The van der Waals surface area contributed by atoms with Crippen LogP contribution in [-0.2, 0) is 0 Å². The Balaban J connectivity index is 1.05. The van der Waals surface area contributed by atoms with Crippen LogP contribution >= 0.6 is 0 Å². The SMILES string of the molecule is c1ccc(-c2ccc(-n3c4ccccc4c4cc(-c5ccc6c(c5)c5ccccc5n6-c5cc6oc7ccccc7c6cn5)ccc43)cc2)cc1. The second kappa shape index (κ2) is 10.8. The molecule has 4 aromatic heterocycles. The van der Waals surface area contributed by atoms with Gasteiger partial charge in [0.2, 0.25) is 0 Å². The van der Waals surface area contributed by atoms with Crippen molar-refractivity contribution in [1.29, 1.82) is 0 Å². The average molecular weight is 652 g/mol. The van der Waals surface area contributed by atoms with Gasteiger partial charge in [0.15, 0.2) is 0 Å². The third kappa shape index (κ3) is 4.23. The minimum absolute atomic E-state index is 0.836. The summed E-state index contributed by atoms with van der Waals surface area (Å²) in [6, 6.07) is 60.6. The molecule has 4 heteroatoms. The maximum absolute atomic E-state index is 6.26.